The van der Waals surface area contributed by atoms with Crippen LogP contribution < -0.4 is 10.6 Å². The average Bonchev–Trinajstić information content (AvgIpc) is 3.13. The lowest BCUT2D eigenvalue weighted by Crippen LogP contribution is -2.06. The van der Waals surface area contributed by atoms with E-state index in [-0.39, 0.29) is 15.2 Å². The predicted molar refractivity (Wildman–Crippen MR) is 115 cm³/mol. The fourth-order valence-electron chi connectivity index (χ4n) is 2.65. The molecule has 0 bridgehead atoms. The SMILES string of the molecule is CNc1cnc(Cl)nc1NCc1ccc(-c2nc(C(F)(F)F)cn2C(C)I)cc1. The summed E-state index contributed by atoms with van der Waals surface area (Å²) in [4.78, 5) is 11.9. The molecule has 3 aromatic rings. The van der Waals surface area contributed by atoms with Gasteiger partial charge in [0.15, 0.2) is 11.5 Å². The number of rotatable bonds is 6. The molecule has 0 radical (unpaired) electrons. The number of nitrogens with one attached hydrogen (secondary N) is 2. The minimum absolute atomic E-state index is 0.127. The van der Waals surface area contributed by atoms with Gasteiger partial charge >= 0.3 is 6.18 Å². The highest BCUT2D eigenvalue weighted by Crippen LogP contribution is 2.34. The minimum atomic E-state index is -4.49. The van der Waals surface area contributed by atoms with Gasteiger partial charge in [-0.05, 0) is 24.1 Å². The Morgan fingerprint density at radius 1 is 1.21 bits per heavy atom. The molecule has 0 aliphatic rings. The molecule has 1 atom stereocenters. The van der Waals surface area contributed by atoms with Crippen molar-refractivity contribution in [1.82, 2.24) is 19.5 Å². The van der Waals surface area contributed by atoms with Crippen LogP contribution in [0.1, 0.15) is 22.2 Å². The zero-order valence-corrected chi connectivity index (χ0v) is 18.3. The summed E-state index contributed by atoms with van der Waals surface area (Å²) >= 11 is 7.89. The maximum Gasteiger partial charge on any atom is 0.434 e. The summed E-state index contributed by atoms with van der Waals surface area (Å²) < 4.78 is 40.5. The van der Waals surface area contributed by atoms with Crippen LogP contribution in [0.3, 0.4) is 0 Å². The Morgan fingerprint density at radius 3 is 2.48 bits per heavy atom. The molecule has 0 fully saturated rings. The van der Waals surface area contributed by atoms with E-state index in [9.17, 15) is 13.2 Å². The van der Waals surface area contributed by atoms with Gasteiger partial charge in [-0.25, -0.2) is 9.97 Å². The number of hydrogen-bond donors (Lipinski definition) is 2. The van der Waals surface area contributed by atoms with Crippen molar-refractivity contribution in [3.63, 3.8) is 0 Å². The van der Waals surface area contributed by atoms with E-state index in [4.69, 9.17) is 11.6 Å². The monoisotopic (exact) mass is 536 g/mol. The molecule has 0 saturated heterocycles. The van der Waals surface area contributed by atoms with Gasteiger partial charge in [-0.15, -0.1) is 0 Å². The molecule has 1 aromatic carbocycles. The highest BCUT2D eigenvalue weighted by atomic mass is 127. The number of aromatic nitrogens is 4. The Labute approximate surface area is 184 Å². The fraction of sp³-hybridized carbons (Fsp3) is 0.278. The van der Waals surface area contributed by atoms with Gasteiger partial charge in [-0.3, -0.25) is 0 Å². The second-order valence-corrected chi connectivity index (χ2v) is 8.27. The lowest BCUT2D eigenvalue weighted by Gasteiger charge is -2.12. The third-order valence-corrected chi connectivity index (χ3v) is 4.89. The normalized spacial score (nSPS) is 12.7. The first-order chi connectivity index (χ1) is 13.7. The summed E-state index contributed by atoms with van der Waals surface area (Å²) in [5.41, 5.74) is 1.32. The van der Waals surface area contributed by atoms with Crippen LogP contribution in [0.25, 0.3) is 11.4 Å². The van der Waals surface area contributed by atoms with Gasteiger partial charge in [0.2, 0.25) is 5.28 Å². The van der Waals surface area contributed by atoms with E-state index in [1.54, 1.807) is 32.3 Å². The largest absolute Gasteiger partial charge is 0.434 e. The molecule has 0 amide bonds. The van der Waals surface area contributed by atoms with E-state index in [0.717, 1.165) is 11.8 Å². The van der Waals surface area contributed by atoms with E-state index in [1.807, 2.05) is 12.1 Å². The van der Waals surface area contributed by atoms with E-state index < -0.39 is 11.9 Å². The van der Waals surface area contributed by atoms with Crippen molar-refractivity contribution in [3.8, 4) is 11.4 Å². The molecular weight excluding hydrogens is 520 g/mol. The number of alkyl halides is 4. The number of nitrogens with zero attached hydrogens (tertiary/aromatic N) is 4. The van der Waals surface area contributed by atoms with Gasteiger partial charge in [0, 0.05) is 25.4 Å². The number of anilines is 2. The van der Waals surface area contributed by atoms with Crippen molar-refractivity contribution in [1.29, 1.82) is 0 Å². The maximum absolute atomic E-state index is 13.1. The van der Waals surface area contributed by atoms with Gasteiger partial charge in [-0.2, -0.15) is 18.2 Å². The van der Waals surface area contributed by atoms with Crippen molar-refractivity contribution >= 4 is 45.7 Å². The second-order valence-electron chi connectivity index (χ2n) is 6.13. The first-order valence-corrected chi connectivity index (χ1v) is 10.1. The number of hydrogen-bond acceptors (Lipinski definition) is 5. The molecule has 6 nitrogen and oxygen atoms in total. The molecule has 154 valence electrons. The molecule has 0 spiro atoms. The Balaban J connectivity index is 1.81. The first-order valence-electron chi connectivity index (χ1n) is 8.52. The van der Waals surface area contributed by atoms with Crippen molar-refractivity contribution in [2.45, 2.75) is 23.7 Å². The third kappa shape index (κ3) is 5.10. The molecular formula is C18H17ClF3IN6. The highest BCUT2D eigenvalue weighted by molar-refractivity contribution is 14.1. The van der Waals surface area contributed by atoms with E-state index in [2.05, 4.69) is 48.2 Å². The van der Waals surface area contributed by atoms with Crippen LogP contribution in [-0.4, -0.2) is 26.6 Å². The molecule has 29 heavy (non-hydrogen) atoms. The van der Waals surface area contributed by atoms with Gasteiger partial charge in [0.05, 0.1) is 15.9 Å². The lowest BCUT2D eigenvalue weighted by atomic mass is 10.1. The van der Waals surface area contributed by atoms with Gasteiger partial charge in [0.25, 0.3) is 0 Å². The number of imidazole rings is 1. The van der Waals surface area contributed by atoms with Gasteiger partial charge < -0.3 is 15.2 Å². The highest BCUT2D eigenvalue weighted by Gasteiger charge is 2.35. The molecule has 0 saturated carbocycles. The van der Waals surface area contributed by atoms with Crippen molar-refractivity contribution in [3.05, 3.63) is 53.2 Å². The summed E-state index contributed by atoms with van der Waals surface area (Å²) in [5, 5.41) is 6.26. The standard InChI is InChI=1S/C18H17ClF3IN6/c1-10(23)29-9-14(18(20,21)22)27-16(29)12-5-3-11(4-6-12)7-25-15-13(24-2)8-26-17(19)28-15/h3-6,8-10,24H,7H2,1-2H3,(H,25,26,28). The molecule has 2 aromatic heterocycles. The fourth-order valence-corrected chi connectivity index (χ4v) is 3.21. The minimum Gasteiger partial charge on any atom is -0.384 e. The van der Waals surface area contributed by atoms with Crippen LogP contribution in [0.4, 0.5) is 24.7 Å². The van der Waals surface area contributed by atoms with Gasteiger partial charge in [-0.1, -0.05) is 46.9 Å². The first kappa shape index (κ1) is 21.6. The second kappa shape index (κ2) is 8.74. The molecule has 3 rings (SSSR count). The van der Waals surface area contributed by atoms with Crippen molar-refractivity contribution in [2.24, 2.45) is 0 Å². The third-order valence-electron chi connectivity index (χ3n) is 4.11. The van der Waals surface area contributed by atoms with Crippen LogP contribution in [0.5, 0.6) is 0 Å². The van der Waals surface area contributed by atoms with Crippen molar-refractivity contribution < 1.29 is 13.2 Å². The molecule has 2 N–H and O–H groups in total. The van der Waals surface area contributed by atoms with Crippen molar-refractivity contribution in [2.75, 3.05) is 17.7 Å². The van der Waals surface area contributed by atoms with E-state index >= 15 is 0 Å². The van der Waals surface area contributed by atoms with E-state index in [1.165, 1.54) is 4.57 Å². The molecule has 0 aliphatic carbocycles. The average molecular weight is 537 g/mol. The van der Waals surface area contributed by atoms with Crippen LogP contribution in [0, 0.1) is 0 Å². The maximum atomic E-state index is 13.1. The zero-order chi connectivity index (χ0) is 21.2. The summed E-state index contributed by atoms with van der Waals surface area (Å²) in [6, 6.07) is 7.16. The topological polar surface area (TPSA) is 67.7 Å². The zero-order valence-electron chi connectivity index (χ0n) is 15.4. The molecule has 0 aliphatic heterocycles. The summed E-state index contributed by atoms with van der Waals surface area (Å²) in [6.07, 6.45) is -1.87. The summed E-state index contributed by atoms with van der Waals surface area (Å²) in [6.45, 7) is 2.25. The Morgan fingerprint density at radius 2 is 1.90 bits per heavy atom. The number of halogens is 5. The van der Waals surface area contributed by atoms with Crippen LogP contribution in [0.2, 0.25) is 5.28 Å². The van der Waals surface area contributed by atoms with Gasteiger partial charge in [0.1, 0.15) is 5.82 Å². The molecule has 11 heteroatoms. The summed E-state index contributed by atoms with van der Waals surface area (Å²) in [7, 11) is 1.75. The Hall–Kier alpha value is -2.08. The Kier molecular flexibility index (Phi) is 6.52. The van der Waals surface area contributed by atoms with Crippen LogP contribution in [0.15, 0.2) is 36.7 Å². The lowest BCUT2D eigenvalue weighted by molar-refractivity contribution is -0.140. The van der Waals surface area contributed by atoms with E-state index in [0.29, 0.717) is 23.6 Å². The van der Waals surface area contributed by atoms with Crippen LogP contribution >= 0.6 is 34.2 Å². The quantitative estimate of drug-likeness (QED) is 0.243. The Bertz CT molecular complexity index is 988. The number of benzene rings is 1. The van der Waals surface area contributed by atoms with Crippen LogP contribution in [-0.2, 0) is 12.7 Å². The summed E-state index contributed by atoms with van der Waals surface area (Å²) in [5.74, 6) is 0.833. The molecule has 1 unspecified atom stereocenters. The predicted octanol–water partition coefficient (Wildman–Crippen LogP) is 5.62. The molecule has 2 heterocycles. The smallest absolute Gasteiger partial charge is 0.384 e.